The van der Waals surface area contributed by atoms with Gasteiger partial charge in [0.15, 0.2) is 0 Å². The average molecular weight is 199 g/mol. The summed E-state index contributed by atoms with van der Waals surface area (Å²) in [7, 11) is 0. The first-order valence-corrected chi connectivity index (χ1v) is 4.90. The molecule has 5 heteroatoms. The number of hydrogen-bond donors (Lipinski definition) is 3. The van der Waals surface area contributed by atoms with Crippen LogP contribution in [0.2, 0.25) is 0 Å². The van der Waals surface area contributed by atoms with E-state index in [0.717, 1.165) is 6.42 Å². The second-order valence-electron chi connectivity index (χ2n) is 3.69. The van der Waals surface area contributed by atoms with Gasteiger partial charge < -0.3 is 16.4 Å². The Bertz CT molecular complexity index is 230. The molecule has 1 aliphatic rings. The van der Waals surface area contributed by atoms with Crippen molar-refractivity contribution in [1.82, 2.24) is 10.6 Å². The molecule has 0 aromatic heterocycles. The minimum absolute atomic E-state index is 0.0475. The molecule has 2 amide bonds. The first-order valence-electron chi connectivity index (χ1n) is 4.90. The Morgan fingerprint density at radius 1 is 1.79 bits per heavy atom. The van der Waals surface area contributed by atoms with Crippen molar-refractivity contribution in [1.29, 1.82) is 0 Å². The van der Waals surface area contributed by atoms with Crippen LogP contribution < -0.4 is 16.4 Å². The first-order chi connectivity index (χ1) is 6.63. The number of hydrogen-bond acceptors (Lipinski definition) is 3. The summed E-state index contributed by atoms with van der Waals surface area (Å²) < 4.78 is 0. The molecule has 2 atom stereocenters. The van der Waals surface area contributed by atoms with Gasteiger partial charge in [0.25, 0.3) is 0 Å². The molecule has 1 heterocycles. The van der Waals surface area contributed by atoms with Gasteiger partial charge in [-0.3, -0.25) is 9.59 Å². The zero-order chi connectivity index (χ0) is 10.6. The molecule has 0 bridgehead atoms. The molecule has 1 rings (SSSR count). The number of carbonyl (C=O) groups is 2. The van der Waals surface area contributed by atoms with Gasteiger partial charge in [-0.1, -0.05) is 6.92 Å². The van der Waals surface area contributed by atoms with Crippen LogP contribution in [-0.2, 0) is 9.59 Å². The van der Waals surface area contributed by atoms with Crippen LogP contribution in [0.1, 0.15) is 19.8 Å². The maximum atomic E-state index is 11.3. The quantitative estimate of drug-likeness (QED) is 0.541. The molecule has 0 aliphatic carbocycles. The highest BCUT2D eigenvalue weighted by Gasteiger charge is 2.21. The molecule has 14 heavy (non-hydrogen) atoms. The van der Waals surface area contributed by atoms with E-state index in [-0.39, 0.29) is 23.8 Å². The molecule has 1 fully saturated rings. The maximum absolute atomic E-state index is 11.3. The van der Waals surface area contributed by atoms with Crippen LogP contribution in [0.3, 0.4) is 0 Å². The van der Waals surface area contributed by atoms with Gasteiger partial charge in [-0.2, -0.15) is 0 Å². The average Bonchev–Trinajstić information content (AvgIpc) is 2.59. The normalized spacial score (nSPS) is 23.0. The van der Waals surface area contributed by atoms with E-state index in [9.17, 15) is 9.59 Å². The molecular weight excluding hydrogens is 182 g/mol. The van der Waals surface area contributed by atoms with Crippen LogP contribution in [0.5, 0.6) is 0 Å². The van der Waals surface area contributed by atoms with Gasteiger partial charge in [0.05, 0.1) is 0 Å². The largest absolute Gasteiger partial charge is 0.354 e. The zero-order valence-electron chi connectivity index (χ0n) is 8.38. The van der Waals surface area contributed by atoms with Crippen molar-refractivity contribution in [2.75, 3.05) is 13.1 Å². The molecule has 1 saturated heterocycles. The SMILES string of the molecule is CC(CN)C(=O)NCC1CCC(=O)N1. The van der Waals surface area contributed by atoms with Crippen molar-refractivity contribution in [2.45, 2.75) is 25.8 Å². The molecule has 0 aromatic carbocycles. The third-order valence-corrected chi connectivity index (χ3v) is 2.41. The molecule has 5 nitrogen and oxygen atoms in total. The lowest BCUT2D eigenvalue weighted by Gasteiger charge is -2.13. The van der Waals surface area contributed by atoms with Crippen molar-refractivity contribution in [3.63, 3.8) is 0 Å². The van der Waals surface area contributed by atoms with Gasteiger partial charge in [-0.05, 0) is 6.42 Å². The van der Waals surface area contributed by atoms with E-state index in [1.54, 1.807) is 6.92 Å². The van der Waals surface area contributed by atoms with Crippen molar-refractivity contribution >= 4 is 11.8 Å². The zero-order valence-corrected chi connectivity index (χ0v) is 8.38. The van der Waals surface area contributed by atoms with Gasteiger partial charge in [0, 0.05) is 31.5 Å². The van der Waals surface area contributed by atoms with E-state index in [2.05, 4.69) is 10.6 Å². The minimum atomic E-state index is -0.160. The summed E-state index contributed by atoms with van der Waals surface area (Å²) >= 11 is 0. The predicted molar refractivity (Wildman–Crippen MR) is 52.4 cm³/mol. The molecular formula is C9H17N3O2. The summed E-state index contributed by atoms with van der Waals surface area (Å²) in [4.78, 5) is 22.2. The Labute approximate surface area is 83.4 Å². The van der Waals surface area contributed by atoms with Crippen LogP contribution in [0.25, 0.3) is 0 Å². The van der Waals surface area contributed by atoms with Crippen molar-refractivity contribution in [2.24, 2.45) is 11.7 Å². The number of nitrogens with one attached hydrogen (secondary N) is 2. The summed E-state index contributed by atoms with van der Waals surface area (Å²) in [6.07, 6.45) is 1.36. The highest BCUT2D eigenvalue weighted by Crippen LogP contribution is 2.05. The van der Waals surface area contributed by atoms with Crippen LogP contribution >= 0.6 is 0 Å². The lowest BCUT2D eigenvalue weighted by Crippen LogP contribution is -2.41. The summed E-state index contributed by atoms with van der Waals surface area (Å²) in [5.41, 5.74) is 5.35. The summed E-state index contributed by atoms with van der Waals surface area (Å²) in [5.74, 6) is -0.142. The van der Waals surface area contributed by atoms with Crippen LogP contribution in [0.15, 0.2) is 0 Å². The predicted octanol–water partition coefficient (Wildman–Crippen LogP) is -1.02. The molecule has 0 aromatic rings. The van der Waals surface area contributed by atoms with Gasteiger partial charge in [-0.15, -0.1) is 0 Å². The van der Waals surface area contributed by atoms with E-state index in [1.807, 2.05) is 0 Å². The van der Waals surface area contributed by atoms with Crippen molar-refractivity contribution in [3.05, 3.63) is 0 Å². The summed E-state index contributed by atoms with van der Waals surface area (Å²) in [6.45, 7) is 2.64. The fraction of sp³-hybridized carbons (Fsp3) is 0.778. The van der Waals surface area contributed by atoms with E-state index >= 15 is 0 Å². The highest BCUT2D eigenvalue weighted by molar-refractivity contribution is 5.80. The van der Waals surface area contributed by atoms with Crippen molar-refractivity contribution < 1.29 is 9.59 Å². The van der Waals surface area contributed by atoms with E-state index < -0.39 is 0 Å². The summed E-state index contributed by atoms with van der Waals surface area (Å²) in [5, 5.41) is 5.54. The van der Waals surface area contributed by atoms with Crippen molar-refractivity contribution in [3.8, 4) is 0 Å². The number of rotatable bonds is 4. The number of amides is 2. The van der Waals surface area contributed by atoms with Gasteiger partial charge in [-0.25, -0.2) is 0 Å². The lowest BCUT2D eigenvalue weighted by atomic mass is 10.1. The second-order valence-corrected chi connectivity index (χ2v) is 3.69. The third kappa shape index (κ3) is 2.99. The van der Waals surface area contributed by atoms with E-state index in [4.69, 9.17) is 5.73 Å². The summed E-state index contributed by atoms with van der Waals surface area (Å²) in [6, 6.07) is 0.0939. The second kappa shape index (κ2) is 4.95. The van der Waals surface area contributed by atoms with Gasteiger partial charge in [0.1, 0.15) is 0 Å². The molecule has 80 valence electrons. The molecule has 1 aliphatic heterocycles. The van der Waals surface area contributed by atoms with Gasteiger partial charge in [0.2, 0.25) is 11.8 Å². The Kier molecular flexibility index (Phi) is 3.88. The molecule has 0 saturated carbocycles. The van der Waals surface area contributed by atoms with Crippen LogP contribution in [-0.4, -0.2) is 30.9 Å². The smallest absolute Gasteiger partial charge is 0.224 e. The fourth-order valence-electron chi connectivity index (χ4n) is 1.34. The van der Waals surface area contributed by atoms with Crippen LogP contribution in [0, 0.1) is 5.92 Å². The Hall–Kier alpha value is -1.10. The monoisotopic (exact) mass is 199 g/mol. The minimum Gasteiger partial charge on any atom is -0.354 e. The fourth-order valence-corrected chi connectivity index (χ4v) is 1.34. The lowest BCUT2D eigenvalue weighted by molar-refractivity contribution is -0.124. The Balaban J connectivity index is 2.20. The van der Waals surface area contributed by atoms with E-state index in [0.29, 0.717) is 19.5 Å². The molecule has 0 radical (unpaired) electrons. The van der Waals surface area contributed by atoms with E-state index in [1.165, 1.54) is 0 Å². The number of nitrogens with two attached hydrogens (primary N) is 1. The Morgan fingerprint density at radius 2 is 2.50 bits per heavy atom. The third-order valence-electron chi connectivity index (χ3n) is 2.41. The highest BCUT2D eigenvalue weighted by atomic mass is 16.2. The maximum Gasteiger partial charge on any atom is 0.224 e. The number of carbonyl (C=O) groups excluding carboxylic acids is 2. The van der Waals surface area contributed by atoms with Crippen LogP contribution in [0.4, 0.5) is 0 Å². The van der Waals surface area contributed by atoms with Gasteiger partial charge >= 0.3 is 0 Å². The molecule has 4 N–H and O–H groups in total. The topological polar surface area (TPSA) is 84.2 Å². The molecule has 0 spiro atoms. The molecule has 2 unspecified atom stereocenters. The Morgan fingerprint density at radius 3 is 3.00 bits per heavy atom. The first kappa shape index (κ1) is 11.0. The standard InChI is InChI=1S/C9H17N3O2/c1-6(4-10)9(14)11-5-7-2-3-8(13)12-7/h6-7H,2-5,10H2,1H3,(H,11,14)(H,12,13).